The lowest BCUT2D eigenvalue weighted by Gasteiger charge is -2.30. The van der Waals surface area contributed by atoms with E-state index in [0.29, 0.717) is 6.04 Å². The second-order valence-electron chi connectivity index (χ2n) is 5.75. The van der Waals surface area contributed by atoms with Gasteiger partial charge < -0.3 is 5.32 Å². The first kappa shape index (κ1) is 12.2. The first-order chi connectivity index (χ1) is 8.83. The fourth-order valence-electron chi connectivity index (χ4n) is 2.91. The first-order valence-electron chi connectivity index (χ1n) is 7.27. The van der Waals surface area contributed by atoms with Crippen LogP contribution in [0.15, 0.2) is 12.3 Å². The van der Waals surface area contributed by atoms with Crippen LogP contribution in [0.4, 0.5) is 0 Å². The Labute approximate surface area is 109 Å². The average molecular weight is 248 g/mol. The summed E-state index contributed by atoms with van der Waals surface area (Å²) in [6.07, 6.45) is 8.74. The number of aromatic nitrogens is 2. The van der Waals surface area contributed by atoms with E-state index in [2.05, 4.69) is 21.4 Å². The summed E-state index contributed by atoms with van der Waals surface area (Å²) in [4.78, 5) is 2.65. The van der Waals surface area contributed by atoms with Crippen LogP contribution in [0.25, 0.3) is 0 Å². The Morgan fingerprint density at radius 3 is 2.89 bits per heavy atom. The summed E-state index contributed by atoms with van der Waals surface area (Å²) < 4.78 is 2.00. The number of aryl methyl sites for hydroxylation is 1. The van der Waals surface area contributed by atoms with Crippen molar-refractivity contribution in [2.75, 3.05) is 13.1 Å². The molecule has 4 heteroatoms. The third-order valence-electron chi connectivity index (χ3n) is 4.22. The maximum Gasteiger partial charge on any atom is 0.0521 e. The van der Waals surface area contributed by atoms with E-state index in [1.807, 2.05) is 17.9 Å². The number of nitrogens with one attached hydrogen (secondary N) is 1. The molecule has 0 spiro atoms. The molecule has 2 fully saturated rings. The molecule has 1 aliphatic carbocycles. The molecular formula is C14H24N4. The van der Waals surface area contributed by atoms with Crippen molar-refractivity contribution >= 4 is 0 Å². The third-order valence-corrected chi connectivity index (χ3v) is 4.22. The highest BCUT2D eigenvalue weighted by molar-refractivity contribution is 5.02. The van der Waals surface area contributed by atoms with E-state index < -0.39 is 0 Å². The quantitative estimate of drug-likeness (QED) is 0.858. The van der Waals surface area contributed by atoms with Crippen LogP contribution in [0.1, 0.15) is 37.8 Å². The van der Waals surface area contributed by atoms with Crippen LogP contribution >= 0.6 is 0 Å². The van der Waals surface area contributed by atoms with Gasteiger partial charge in [0, 0.05) is 38.4 Å². The first-order valence-corrected chi connectivity index (χ1v) is 7.27. The number of nitrogens with zero attached hydrogens (tertiary/aromatic N) is 3. The minimum Gasteiger partial charge on any atom is -0.313 e. The molecule has 2 heterocycles. The van der Waals surface area contributed by atoms with Crippen molar-refractivity contribution in [3.63, 3.8) is 0 Å². The van der Waals surface area contributed by atoms with Crippen molar-refractivity contribution < 1.29 is 0 Å². The van der Waals surface area contributed by atoms with Gasteiger partial charge in [0.05, 0.1) is 5.69 Å². The van der Waals surface area contributed by atoms with E-state index >= 15 is 0 Å². The summed E-state index contributed by atoms with van der Waals surface area (Å²) in [6.45, 7) is 3.46. The normalized spacial score (nSPS) is 24.7. The molecule has 1 aliphatic heterocycles. The molecule has 18 heavy (non-hydrogen) atoms. The predicted molar refractivity (Wildman–Crippen MR) is 72.3 cm³/mol. The Bertz CT molecular complexity index is 377. The van der Waals surface area contributed by atoms with E-state index in [-0.39, 0.29) is 0 Å². The summed E-state index contributed by atoms with van der Waals surface area (Å²) >= 11 is 0. The molecule has 1 unspecified atom stereocenters. The number of rotatable bonds is 5. The maximum atomic E-state index is 4.27. The zero-order valence-corrected chi connectivity index (χ0v) is 11.3. The van der Waals surface area contributed by atoms with Crippen molar-refractivity contribution in [2.45, 2.75) is 50.7 Å². The fraction of sp³-hybridized carbons (Fsp3) is 0.786. The zero-order valence-electron chi connectivity index (χ0n) is 11.3. The summed E-state index contributed by atoms with van der Waals surface area (Å²) in [5, 5.41) is 7.93. The van der Waals surface area contributed by atoms with Crippen molar-refractivity contribution in [1.82, 2.24) is 20.0 Å². The van der Waals surface area contributed by atoms with E-state index in [0.717, 1.165) is 12.6 Å². The molecule has 1 aromatic rings. The highest BCUT2D eigenvalue weighted by Crippen LogP contribution is 2.29. The van der Waals surface area contributed by atoms with Crippen LogP contribution in [0, 0.1) is 0 Å². The van der Waals surface area contributed by atoms with Crippen LogP contribution in [0.5, 0.6) is 0 Å². The van der Waals surface area contributed by atoms with Crippen molar-refractivity contribution in [3.8, 4) is 0 Å². The van der Waals surface area contributed by atoms with Crippen LogP contribution in [-0.2, 0) is 13.6 Å². The van der Waals surface area contributed by atoms with Gasteiger partial charge in [-0.25, -0.2) is 0 Å². The van der Waals surface area contributed by atoms with Gasteiger partial charge in [-0.15, -0.1) is 0 Å². The van der Waals surface area contributed by atoms with Gasteiger partial charge in [-0.3, -0.25) is 9.58 Å². The fourth-order valence-corrected chi connectivity index (χ4v) is 2.91. The lowest BCUT2D eigenvalue weighted by Crippen LogP contribution is -2.44. The molecule has 1 N–H and O–H groups in total. The smallest absolute Gasteiger partial charge is 0.0521 e. The molecule has 2 aliphatic rings. The van der Waals surface area contributed by atoms with Crippen molar-refractivity contribution in [1.29, 1.82) is 0 Å². The van der Waals surface area contributed by atoms with Gasteiger partial charge in [-0.2, -0.15) is 5.10 Å². The van der Waals surface area contributed by atoms with E-state index in [1.54, 1.807) is 0 Å². The molecule has 1 saturated carbocycles. The largest absolute Gasteiger partial charge is 0.313 e. The molecular weight excluding hydrogens is 224 g/mol. The zero-order chi connectivity index (χ0) is 12.4. The molecule has 4 nitrogen and oxygen atoms in total. The molecule has 1 saturated heterocycles. The van der Waals surface area contributed by atoms with Gasteiger partial charge in [0.15, 0.2) is 0 Å². The Hall–Kier alpha value is -0.870. The van der Waals surface area contributed by atoms with Gasteiger partial charge in [0.1, 0.15) is 0 Å². The monoisotopic (exact) mass is 248 g/mol. The van der Waals surface area contributed by atoms with Crippen LogP contribution < -0.4 is 5.32 Å². The summed E-state index contributed by atoms with van der Waals surface area (Å²) in [5.41, 5.74) is 1.33. The van der Waals surface area contributed by atoms with Crippen LogP contribution in [0.2, 0.25) is 0 Å². The third kappa shape index (κ3) is 2.93. The SMILES string of the molecule is Cn1nccc1CN(CC1CCCCN1)C1CC1. The predicted octanol–water partition coefficient (Wildman–Crippen LogP) is 1.53. The Morgan fingerprint density at radius 2 is 2.28 bits per heavy atom. The van der Waals surface area contributed by atoms with E-state index in [1.165, 1.54) is 50.9 Å². The molecule has 0 radical (unpaired) electrons. The van der Waals surface area contributed by atoms with Gasteiger partial charge in [0.25, 0.3) is 0 Å². The second-order valence-corrected chi connectivity index (χ2v) is 5.75. The Morgan fingerprint density at radius 1 is 1.39 bits per heavy atom. The van der Waals surface area contributed by atoms with Crippen molar-refractivity contribution in [2.24, 2.45) is 7.05 Å². The highest BCUT2D eigenvalue weighted by Gasteiger charge is 2.31. The molecule has 1 aromatic heterocycles. The molecule has 0 aromatic carbocycles. The van der Waals surface area contributed by atoms with Gasteiger partial charge >= 0.3 is 0 Å². The summed E-state index contributed by atoms with van der Waals surface area (Å²) in [5.74, 6) is 0. The minimum atomic E-state index is 0.701. The minimum absolute atomic E-state index is 0.701. The maximum absolute atomic E-state index is 4.27. The van der Waals surface area contributed by atoms with Gasteiger partial charge in [0.2, 0.25) is 0 Å². The molecule has 100 valence electrons. The van der Waals surface area contributed by atoms with Crippen molar-refractivity contribution in [3.05, 3.63) is 18.0 Å². The van der Waals surface area contributed by atoms with Crippen LogP contribution in [-0.4, -0.2) is 39.9 Å². The van der Waals surface area contributed by atoms with E-state index in [4.69, 9.17) is 0 Å². The Balaban J connectivity index is 1.59. The topological polar surface area (TPSA) is 33.1 Å². The second kappa shape index (κ2) is 5.41. The summed E-state index contributed by atoms with van der Waals surface area (Å²) in [6, 6.07) is 3.67. The number of piperidine rings is 1. The van der Waals surface area contributed by atoms with Gasteiger partial charge in [-0.05, 0) is 38.3 Å². The number of hydrogen-bond acceptors (Lipinski definition) is 3. The van der Waals surface area contributed by atoms with E-state index in [9.17, 15) is 0 Å². The molecule has 3 rings (SSSR count). The van der Waals surface area contributed by atoms with Crippen LogP contribution in [0.3, 0.4) is 0 Å². The lowest BCUT2D eigenvalue weighted by atomic mass is 10.0. The average Bonchev–Trinajstić information content (AvgIpc) is 3.16. The molecule has 0 bridgehead atoms. The lowest BCUT2D eigenvalue weighted by molar-refractivity contribution is 0.204. The highest BCUT2D eigenvalue weighted by atomic mass is 15.3. The number of hydrogen-bond donors (Lipinski definition) is 1. The van der Waals surface area contributed by atoms with Gasteiger partial charge in [-0.1, -0.05) is 6.42 Å². The standard InChI is InChI=1S/C14H24N4/c1-17-14(7-9-16-17)11-18(13-5-6-13)10-12-4-2-3-8-15-12/h7,9,12-13,15H,2-6,8,10-11H2,1H3. The molecule has 1 atom stereocenters. The Kier molecular flexibility index (Phi) is 3.66. The summed E-state index contributed by atoms with van der Waals surface area (Å²) in [7, 11) is 2.04. The molecule has 0 amide bonds.